The molecule has 124 valence electrons. The van der Waals surface area contributed by atoms with E-state index in [4.69, 9.17) is 9.47 Å². The zero-order chi connectivity index (χ0) is 16.8. The second kappa shape index (κ2) is 5.30. The molecule has 1 atom stereocenters. The summed E-state index contributed by atoms with van der Waals surface area (Å²) in [5.74, 6) is 1.65. The van der Waals surface area contributed by atoms with Crippen LogP contribution >= 0.6 is 0 Å². The van der Waals surface area contributed by atoms with E-state index in [-0.39, 0.29) is 18.7 Å². The summed E-state index contributed by atoms with van der Waals surface area (Å²) < 4.78 is 25.7. The molecule has 0 radical (unpaired) electrons. The molecule has 0 aliphatic carbocycles. The van der Waals surface area contributed by atoms with Crippen LogP contribution in [0.1, 0.15) is 17.2 Å². The van der Waals surface area contributed by atoms with Crippen LogP contribution in [0.25, 0.3) is 5.70 Å². The van der Waals surface area contributed by atoms with E-state index in [1.807, 2.05) is 24.3 Å². The Morgan fingerprint density at radius 3 is 2.80 bits per heavy atom. The van der Waals surface area contributed by atoms with Crippen molar-refractivity contribution in [3.8, 4) is 11.5 Å². The van der Waals surface area contributed by atoms with Crippen molar-refractivity contribution in [2.75, 3.05) is 12.1 Å². The molecule has 5 rings (SSSR count). The number of tetrazole rings is 1. The number of hydrogen-bond donors (Lipinski definition) is 1. The molecule has 2 aliphatic rings. The lowest BCUT2D eigenvalue weighted by Crippen LogP contribution is -2.20. The lowest BCUT2D eigenvalue weighted by molar-refractivity contribution is 0.174. The van der Waals surface area contributed by atoms with Gasteiger partial charge in [-0.3, -0.25) is 0 Å². The number of aromatic nitrogens is 4. The smallest absolute Gasteiger partial charge is 0.248 e. The average molecular weight is 337 g/mol. The molecule has 0 spiro atoms. The van der Waals surface area contributed by atoms with Crippen LogP contribution in [0, 0.1) is 5.82 Å². The van der Waals surface area contributed by atoms with Crippen molar-refractivity contribution in [1.29, 1.82) is 0 Å². The molecule has 3 heterocycles. The Bertz CT molecular complexity index is 983. The van der Waals surface area contributed by atoms with Crippen LogP contribution in [-0.2, 0) is 0 Å². The maximum absolute atomic E-state index is 13.2. The van der Waals surface area contributed by atoms with Gasteiger partial charge in [0.05, 0.1) is 0 Å². The minimum atomic E-state index is -0.280. The van der Waals surface area contributed by atoms with Crippen molar-refractivity contribution < 1.29 is 13.9 Å². The third-order valence-corrected chi connectivity index (χ3v) is 4.22. The molecule has 0 bridgehead atoms. The number of nitrogens with one attached hydrogen (secondary N) is 1. The van der Waals surface area contributed by atoms with Crippen molar-refractivity contribution in [3.63, 3.8) is 0 Å². The van der Waals surface area contributed by atoms with E-state index in [9.17, 15) is 4.39 Å². The van der Waals surface area contributed by atoms with Gasteiger partial charge in [0.15, 0.2) is 11.5 Å². The molecular formula is C17H12FN5O2. The number of fused-ring (bicyclic) bond motifs is 2. The molecule has 1 N–H and O–H groups in total. The number of nitrogens with zero attached hydrogens (tertiary/aromatic N) is 4. The molecule has 0 saturated heterocycles. The average Bonchev–Trinajstić information content (AvgIpc) is 3.29. The summed E-state index contributed by atoms with van der Waals surface area (Å²) in [6.45, 7) is 0.220. The van der Waals surface area contributed by atoms with Crippen LogP contribution < -0.4 is 14.8 Å². The number of anilines is 1. The standard InChI is InChI=1S/C17H12FN5O2/c18-12-4-1-10(2-5-12)13-8-14(23-17(19-13)20-21-22-23)11-3-6-15-16(7-11)25-9-24-15/h1-8,14H,9H2,(H,19,20,22)/t14-/m0/s1. The van der Waals surface area contributed by atoms with Gasteiger partial charge in [-0.1, -0.05) is 11.2 Å². The SMILES string of the molecule is Fc1ccc(C2=C[C@@H](c3ccc4c(c3)OCO4)n3nnnc3N2)cc1. The molecule has 2 aromatic carbocycles. The molecule has 8 heteroatoms. The fourth-order valence-electron chi connectivity index (χ4n) is 2.99. The summed E-state index contributed by atoms with van der Waals surface area (Å²) in [5.41, 5.74) is 2.62. The first-order valence-corrected chi connectivity index (χ1v) is 7.70. The third kappa shape index (κ3) is 2.30. The summed E-state index contributed by atoms with van der Waals surface area (Å²) >= 11 is 0. The van der Waals surface area contributed by atoms with Gasteiger partial charge in [0.1, 0.15) is 11.9 Å². The fraction of sp³-hybridized carbons (Fsp3) is 0.118. The molecule has 0 amide bonds. The Balaban J connectivity index is 1.60. The number of ether oxygens (including phenoxy) is 2. The predicted molar refractivity (Wildman–Crippen MR) is 86.5 cm³/mol. The Labute approximate surface area is 141 Å². The van der Waals surface area contributed by atoms with Crippen LogP contribution in [0.15, 0.2) is 48.5 Å². The molecule has 3 aromatic rings. The predicted octanol–water partition coefficient (Wildman–Crippen LogP) is 2.60. The monoisotopic (exact) mass is 337 g/mol. The van der Waals surface area contributed by atoms with Gasteiger partial charge in [-0.2, -0.15) is 4.68 Å². The minimum absolute atomic E-state index is 0.220. The topological polar surface area (TPSA) is 74.1 Å². The van der Waals surface area contributed by atoms with E-state index in [1.165, 1.54) is 12.1 Å². The molecule has 1 aromatic heterocycles. The van der Waals surface area contributed by atoms with Gasteiger partial charge in [0.25, 0.3) is 0 Å². The molecular weight excluding hydrogens is 325 g/mol. The molecule has 7 nitrogen and oxygen atoms in total. The van der Waals surface area contributed by atoms with Crippen molar-refractivity contribution >= 4 is 11.6 Å². The van der Waals surface area contributed by atoms with Crippen molar-refractivity contribution in [3.05, 3.63) is 65.5 Å². The summed E-state index contributed by atoms with van der Waals surface area (Å²) in [5, 5.41) is 15.0. The first-order valence-electron chi connectivity index (χ1n) is 7.70. The highest BCUT2D eigenvalue weighted by Crippen LogP contribution is 2.38. The fourth-order valence-corrected chi connectivity index (χ4v) is 2.99. The lowest BCUT2D eigenvalue weighted by atomic mass is 10.0. The number of halogens is 1. The summed E-state index contributed by atoms with van der Waals surface area (Å²) in [7, 11) is 0. The highest BCUT2D eigenvalue weighted by molar-refractivity contribution is 5.77. The van der Waals surface area contributed by atoms with Crippen LogP contribution in [0.4, 0.5) is 10.3 Å². The second-order valence-electron chi connectivity index (χ2n) is 5.72. The quantitative estimate of drug-likeness (QED) is 0.775. The number of hydrogen-bond acceptors (Lipinski definition) is 6. The lowest BCUT2D eigenvalue weighted by Gasteiger charge is -2.23. The zero-order valence-corrected chi connectivity index (χ0v) is 12.9. The Kier molecular flexibility index (Phi) is 2.96. The summed E-state index contributed by atoms with van der Waals surface area (Å²) in [6, 6.07) is 11.8. The maximum Gasteiger partial charge on any atom is 0.248 e. The Hall–Kier alpha value is -3.42. The largest absolute Gasteiger partial charge is 0.454 e. The molecule has 0 unspecified atom stereocenters. The van der Waals surface area contributed by atoms with E-state index in [0.29, 0.717) is 11.7 Å². The third-order valence-electron chi connectivity index (χ3n) is 4.22. The van der Waals surface area contributed by atoms with Crippen LogP contribution in [0.2, 0.25) is 0 Å². The highest BCUT2D eigenvalue weighted by Gasteiger charge is 2.26. The van der Waals surface area contributed by atoms with Gasteiger partial charge in [0, 0.05) is 5.70 Å². The normalized spacial score (nSPS) is 17.6. The van der Waals surface area contributed by atoms with Gasteiger partial charge in [-0.25, -0.2) is 4.39 Å². The van der Waals surface area contributed by atoms with Crippen molar-refractivity contribution in [2.24, 2.45) is 0 Å². The minimum Gasteiger partial charge on any atom is -0.454 e. The van der Waals surface area contributed by atoms with Gasteiger partial charge in [-0.05, 0) is 64.0 Å². The summed E-state index contributed by atoms with van der Waals surface area (Å²) in [6.07, 6.45) is 1.99. The maximum atomic E-state index is 13.2. The highest BCUT2D eigenvalue weighted by atomic mass is 19.1. The van der Waals surface area contributed by atoms with Gasteiger partial charge < -0.3 is 14.8 Å². The van der Waals surface area contributed by atoms with Crippen molar-refractivity contribution in [1.82, 2.24) is 20.2 Å². The first kappa shape index (κ1) is 14.0. The Morgan fingerprint density at radius 2 is 1.92 bits per heavy atom. The molecule has 0 saturated carbocycles. The number of rotatable bonds is 2. The van der Waals surface area contributed by atoms with Gasteiger partial charge >= 0.3 is 0 Å². The number of allylic oxidation sites excluding steroid dienone is 1. The second-order valence-corrected chi connectivity index (χ2v) is 5.72. The summed E-state index contributed by atoms with van der Waals surface area (Å²) in [4.78, 5) is 0. The molecule has 2 aliphatic heterocycles. The van der Waals surface area contributed by atoms with Crippen LogP contribution in [-0.4, -0.2) is 27.0 Å². The Morgan fingerprint density at radius 1 is 1.08 bits per heavy atom. The molecule has 25 heavy (non-hydrogen) atoms. The van der Waals surface area contributed by atoms with E-state index < -0.39 is 0 Å². The zero-order valence-electron chi connectivity index (χ0n) is 12.9. The van der Waals surface area contributed by atoms with Crippen LogP contribution in [0.5, 0.6) is 11.5 Å². The van der Waals surface area contributed by atoms with E-state index in [0.717, 1.165) is 22.6 Å². The number of benzene rings is 2. The van der Waals surface area contributed by atoms with Gasteiger partial charge in [0.2, 0.25) is 12.7 Å². The van der Waals surface area contributed by atoms with Gasteiger partial charge in [-0.15, -0.1) is 0 Å². The van der Waals surface area contributed by atoms with Crippen LogP contribution in [0.3, 0.4) is 0 Å². The van der Waals surface area contributed by atoms with E-state index in [2.05, 4.69) is 20.8 Å². The van der Waals surface area contributed by atoms with E-state index >= 15 is 0 Å². The first-order chi connectivity index (χ1) is 12.3. The van der Waals surface area contributed by atoms with Crippen molar-refractivity contribution in [2.45, 2.75) is 6.04 Å². The molecule has 0 fully saturated rings. The van der Waals surface area contributed by atoms with E-state index in [1.54, 1.807) is 16.8 Å².